The normalized spacial score (nSPS) is 15.0. The molecule has 0 saturated carbocycles. The van der Waals surface area contributed by atoms with Crippen LogP contribution < -0.4 is 14.8 Å². The van der Waals surface area contributed by atoms with Crippen LogP contribution in [0.15, 0.2) is 47.4 Å². The quantitative estimate of drug-likeness (QED) is 0.684. The van der Waals surface area contributed by atoms with E-state index >= 15 is 0 Å². The maximum atomic E-state index is 12.8. The highest BCUT2D eigenvalue weighted by molar-refractivity contribution is 7.89. The van der Waals surface area contributed by atoms with Crippen LogP contribution in [0.2, 0.25) is 0 Å². The Morgan fingerprint density at radius 2 is 1.84 bits per heavy atom. The van der Waals surface area contributed by atoms with Gasteiger partial charge in [0.15, 0.2) is 6.61 Å². The number of hydrogen-bond acceptors (Lipinski definition) is 5. The molecule has 1 heterocycles. The molecule has 0 aromatic heterocycles. The summed E-state index contributed by atoms with van der Waals surface area (Å²) in [5, 5.41) is 2.45. The number of sulfonamides is 1. The van der Waals surface area contributed by atoms with E-state index in [1.807, 2.05) is 0 Å². The van der Waals surface area contributed by atoms with Gasteiger partial charge in [0.2, 0.25) is 10.0 Å². The zero-order chi connectivity index (χ0) is 22.6. The molecule has 1 aliphatic rings. The fourth-order valence-electron chi connectivity index (χ4n) is 3.09. The number of anilines is 1. The standard InChI is InChI=1S/C20H21F3N2O5S/c1-29-15-6-4-5-14(11-15)19(26)24-17-12-16(31(27,28)25-9-2-3-10-25)7-8-18(17)30-13-20(21,22)23/h4-8,11-12H,2-3,9-10,13H2,1H3,(H,24,26). The van der Waals surface area contributed by atoms with Gasteiger partial charge in [0.05, 0.1) is 17.7 Å². The number of alkyl halides is 3. The number of amides is 1. The van der Waals surface area contributed by atoms with Crippen LogP contribution in [-0.2, 0) is 10.0 Å². The van der Waals surface area contributed by atoms with Gasteiger partial charge in [-0.15, -0.1) is 0 Å². The van der Waals surface area contributed by atoms with Crippen molar-refractivity contribution in [3.8, 4) is 11.5 Å². The van der Waals surface area contributed by atoms with Crippen LogP contribution >= 0.6 is 0 Å². The second kappa shape index (κ2) is 9.15. The van der Waals surface area contributed by atoms with Gasteiger partial charge >= 0.3 is 6.18 Å². The highest BCUT2D eigenvalue weighted by Gasteiger charge is 2.31. The predicted octanol–water partition coefficient (Wildman–Crippen LogP) is 3.67. The minimum atomic E-state index is -4.60. The number of hydrogen-bond donors (Lipinski definition) is 1. The Morgan fingerprint density at radius 1 is 1.13 bits per heavy atom. The first-order valence-electron chi connectivity index (χ1n) is 9.39. The van der Waals surface area contributed by atoms with Crippen LogP contribution in [0.5, 0.6) is 11.5 Å². The smallest absolute Gasteiger partial charge is 0.422 e. The third kappa shape index (κ3) is 5.67. The van der Waals surface area contributed by atoms with Crippen molar-refractivity contribution in [1.29, 1.82) is 0 Å². The van der Waals surface area contributed by atoms with E-state index in [1.54, 1.807) is 12.1 Å². The van der Waals surface area contributed by atoms with Crippen LogP contribution in [0.3, 0.4) is 0 Å². The number of carbonyl (C=O) groups excluding carboxylic acids is 1. The number of methoxy groups -OCH3 is 1. The van der Waals surface area contributed by atoms with Crippen molar-refractivity contribution in [2.45, 2.75) is 23.9 Å². The van der Waals surface area contributed by atoms with E-state index in [0.717, 1.165) is 25.0 Å². The first kappa shape index (κ1) is 22.9. The largest absolute Gasteiger partial charge is 0.497 e. The van der Waals surface area contributed by atoms with Crippen LogP contribution in [0.4, 0.5) is 18.9 Å². The van der Waals surface area contributed by atoms with Crippen LogP contribution in [0, 0.1) is 0 Å². The average Bonchev–Trinajstić information content (AvgIpc) is 3.28. The minimum Gasteiger partial charge on any atom is -0.497 e. The summed E-state index contributed by atoms with van der Waals surface area (Å²) in [6, 6.07) is 9.50. The Morgan fingerprint density at radius 3 is 2.48 bits per heavy atom. The van der Waals surface area contributed by atoms with Gasteiger partial charge in [0.25, 0.3) is 5.91 Å². The molecule has 0 bridgehead atoms. The maximum absolute atomic E-state index is 12.8. The molecular weight excluding hydrogens is 437 g/mol. The fraction of sp³-hybridized carbons (Fsp3) is 0.350. The maximum Gasteiger partial charge on any atom is 0.422 e. The van der Waals surface area contributed by atoms with Crippen LogP contribution in [0.25, 0.3) is 0 Å². The van der Waals surface area contributed by atoms with Crippen LogP contribution in [0.1, 0.15) is 23.2 Å². The third-order valence-electron chi connectivity index (χ3n) is 4.63. The molecule has 11 heteroatoms. The van der Waals surface area contributed by atoms with Gasteiger partial charge in [-0.1, -0.05) is 6.07 Å². The molecule has 1 saturated heterocycles. The second-order valence-electron chi connectivity index (χ2n) is 6.86. The number of carbonyl (C=O) groups is 1. The van der Waals surface area contributed by atoms with Gasteiger partial charge in [0.1, 0.15) is 11.5 Å². The Labute approximate surface area is 177 Å². The topological polar surface area (TPSA) is 84.9 Å². The number of nitrogens with zero attached hydrogens (tertiary/aromatic N) is 1. The molecule has 0 radical (unpaired) electrons. The van der Waals surface area contributed by atoms with Crippen molar-refractivity contribution in [2.24, 2.45) is 0 Å². The van der Waals surface area contributed by atoms with Gasteiger partial charge < -0.3 is 14.8 Å². The lowest BCUT2D eigenvalue weighted by Gasteiger charge is -2.18. The first-order chi connectivity index (χ1) is 14.6. The Balaban J connectivity index is 1.94. The van der Waals surface area contributed by atoms with E-state index in [9.17, 15) is 26.4 Å². The number of ether oxygens (including phenoxy) is 2. The molecule has 31 heavy (non-hydrogen) atoms. The molecular formula is C20H21F3N2O5S. The van der Waals surface area contributed by atoms with E-state index in [-0.39, 0.29) is 21.9 Å². The number of benzene rings is 2. The highest BCUT2D eigenvalue weighted by atomic mass is 32.2. The zero-order valence-corrected chi connectivity index (χ0v) is 17.4. The molecule has 0 spiro atoms. The molecule has 0 unspecified atom stereocenters. The van der Waals surface area contributed by atoms with Gasteiger partial charge in [-0.25, -0.2) is 8.42 Å². The Hall–Kier alpha value is -2.79. The Kier molecular flexibility index (Phi) is 6.75. The number of halogens is 3. The van der Waals surface area contributed by atoms with Crippen molar-refractivity contribution in [1.82, 2.24) is 4.31 Å². The van der Waals surface area contributed by atoms with E-state index in [2.05, 4.69) is 5.32 Å². The van der Waals surface area contributed by atoms with Crippen molar-refractivity contribution in [3.05, 3.63) is 48.0 Å². The van der Waals surface area contributed by atoms with E-state index in [4.69, 9.17) is 9.47 Å². The zero-order valence-electron chi connectivity index (χ0n) is 16.6. The number of rotatable bonds is 7. The van der Waals surface area contributed by atoms with Gasteiger partial charge in [-0.3, -0.25) is 4.79 Å². The van der Waals surface area contributed by atoms with Gasteiger partial charge in [-0.2, -0.15) is 17.5 Å². The summed E-state index contributed by atoms with van der Waals surface area (Å²) in [6.45, 7) is -0.867. The molecule has 168 valence electrons. The van der Waals surface area contributed by atoms with Crippen molar-refractivity contribution in [3.63, 3.8) is 0 Å². The first-order valence-corrected chi connectivity index (χ1v) is 10.8. The molecule has 1 aliphatic heterocycles. The lowest BCUT2D eigenvalue weighted by atomic mass is 10.2. The SMILES string of the molecule is COc1cccc(C(=O)Nc2cc(S(=O)(=O)N3CCCC3)ccc2OCC(F)(F)F)c1. The third-order valence-corrected chi connectivity index (χ3v) is 6.52. The summed E-state index contributed by atoms with van der Waals surface area (Å²) in [5.74, 6) is -0.549. The van der Waals surface area contributed by atoms with E-state index < -0.39 is 28.7 Å². The second-order valence-corrected chi connectivity index (χ2v) is 8.80. The molecule has 2 aromatic rings. The molecule has 0 aliphatic carbocycles. The summed E-state index contributed by atoms with van der Waals surface area (Å²) in [4.78, 5) is 12.5. The van der Waals surface area contributed by atoms with E-state index in [1.165, 1.54) is 29.6 Å². The van der Waals surface area contributed by atoms with Gasteiger partial charge in [-0.05, 0) is 49.2 Å². The predicted molar refractivity (Wildman–Crippen MR) is 107 cm³/mol. The lowest BCUT2D eigenvalue weighted by Crippen LogP contribution is -2.28. The molecule has 7 nitrogen and oxygen atoms in total. The molecule has 1 N–H and O–H groups in total. The molecule has 1 amide bonds. The van der Waals surface area contributed by atoms with Crippen molar-refractivity contribution in [2.75, 3.05) is 32.1 Å². The molecule has 2 aromatic carbocycles. The lowest BCUT2D eigenvalue weighted by molar-refractivity contribution is -0.153. The summed E-state index contributed by atoms with van der Waals surface area (Å²) in [7, 11) is -2.42. The fourth-order valence-corrected chi connectivity index (χ4v) is 4.63. The molecule has 0 atom stereocenters. The van der Waals surface area contributed by atoms with Crippen molar-refractivity contribution >= 4 is 21.6 Å². The minimum absolute atomic E-state index is 0.144. The summed E-state index contributed by atoms with van der Waals surface area (Å²) < 4.78 is 74.7. The Bertz CT molecular complexity index is 1050. The van der Waals surface area contributed by atoms with E-state index in [0.29, 0.717) is 18.8 Å². The number of nitrogens with one attached hydrogen (secondary N) is 1. The summed E-state index contributed by atoms with van der Waals surface area (Å²) >= 11 is 0. The van der Waals surface area contributed by atoms with Crippen LogP contribution in [-0.4, -0.2) is 51.6 Å². The monoisotopic (exact) mass is 458 g/mol. The summed E-state index contributed by atoms with van der Waals surface area (Å²) in [5.41, 5.74) is -0.00809. The average molecular weight is 458 g/mol. The molecule has 3 rings (SSSR count). The van der Waals surface area contributed by atoms with Crippen molar-refractivity contribution < 1.29 is 35.9 Å². The highest BCUT2D eigenvalue weighted by Crippen LogP contribution is 2.32. The van der Waals surface area contributed by atoms with Gasteiger partial charge in [0, 0.05) is 18.7 Å². The molecule has 1 fully saturated rings. The summed E-state index contributed by atoms with van der Waals surface area (Å²) in [6.07, 6.45) is -3.15.